The van der Waals surface area contributed by atoms with Gasteiger partial charge in [0.05, 0.1) is 15.9 Å². The molecule has 3 atom stereocenters. The van der Waals surface area contributed by atoms with Crippen molar-refractivity contribution in [1.29, 1.82) is 0 Å². The van der Waals surface area contributed by atoms with E-state index in [0.717, 1.165) is 24.1 Å². The lowest BCUT2D eigenvalue weighted by Gasteiger charge is -2.21. The number of nitro benzene ring substituents is 2. The van der Waals surface area contributed by atoms with E-state index in [1.165, 1.54) is 31.4 Å². The first kappa shape index (κ1) is 15.4. The Labute approximate surface area is 132 Å². The Hall–Kier alpha value is -2.51. The fraction of sp³-hybridized carbons (Fsp3) is 0.533. The maximum atomic E-state index is 11.1. The molecule has 0 aromatic heterocycles. The van der Waals surface area contributed by atoms with Gasteiger partial charge in [0, 0.05) is 17.7 Å². The lowest BCUT2D eigenvalue weighted by Crippen LogP contribution is -2.19. The van der Waals surface area contributed by atoms with Crippen molar-refractivity contribution < 1.29 is 9.85 Å². The smallest absolute Gasteiger partial charge is 0.272 e. The van der Waals surface area contributed by atoms with Gasteiger partial charge in [-0.2, -0.15) is 5.10 Å². The molecule has 8 nitrogen and oxygen atoms in total. The zero-order valence-corrected chi connectivity index (χ0v) is 12.8. The Bertz CT molecular complexity index is 688. The highest BCUT2D eigenvalue weighted by Gasteiger charge is 2.40. The van der Waals surface area contributed by atoms with Crippen LogP contribution in [0.5, 0.6) is 0 Å². The molecule has 0 unspecified atom stereocenters. The predicted octanol–water partition coefficient (Wildman–Crippen LogP) is 3.73. The molecule has 2 bridgehead atoms. The van der Waals surface area contributed by atoms with Crippen LogP contribution in [0.2, 0.25) is 0 Å². The number of hydrogen-bond donors (Lipinski definition) is 1. The number of fused-ring (bicyclic) bond motifs is 2. The number of benzene rings is 1. The van der Waals surface area contributed by atoms with Gasteiger partial charge in [-0.3, -0.25) is 25.7 Å². The van der Waals surface area contributed by atoms with Gasteiger partial charge in [0.25, 0.3) is 5.69 Å². The maximum absolute atomic E-state index is 11.1. The lowest BCUT2D eigenvalue weighted by atomic mass is 9.86. The van der Waals surface area contributed by atoms with Crippen molar-refractivity contribution >= 4 is 22.8 Å². The van der Waals surface area contributed by atoms with Gasteiger partial charge in [-0.1, -0.05) is 6.42 Å². The molecule has 0 spiro atoms. The van der Waals surface area contributed by atoms with Crippen molar-refractivity contribution in [2.75, 3.05) is 5.43 Å². The number of non-ortho nitro benzene ring substituents is 1. The van der Waals surface area contributed by atoms with E-state index < -0.39 is 9.85 Å². The third-order valence-electron chi connectivity index (χ3n) is 5.02. The van der Waals surface area contributed by atoms with Crippen LogP contribution in [0.15, 0.2) is 23.3 Å². The monoisotopic (exact) mass is 318 g/mol. The SMILES string of the molecule is C/C(=N/Nc1ccc([N+](=O)[O-])cc1[N+](=O)[O-])[C@@H]1C[C@@H]2CC[C@@H]1C2. The molecule has 0 radical (unpaired) electrons. The van der Waals surface area contributed by atoms with Gasteiger partial charge in [0.15, 0.2) is 0 Å². The third kappa shape index (κ3) is 3.01. The first-order valence-electron chi connectivity index (χ1n) is 7.68. The molecule has 0 aliphatic heterocycles. The summed E-state index contributed by atoms with van der Waals surface area (Å²) < 4.78 is 0. The number of nitrogens with zero attached hydrogens (tertiary/aromatic N) is 3. The summed E-state index contributed by atoms with van der Waals surface area (Å²) in [5.41, 5.74) is 3.19. The second kappa shape index (κ2) is 5.94. The molecule has 1 aromatic carbocycles. The van der Waals surface area contributed by atoms with Gasteiger partial charge in [0.1, 0.15) is 5.69 Å². The number of hydrogen-bond acceptors (Lipinski definition) is 6. The quantitative estimate of drug-likeness (QED) is 0.505. The summed E-state index contributed by atoms with van der Waals surface area (Å²) in [6.45, 7) is 1.94. The van der Waals surface area contributed by atoms with Crippen LogP contribution in [0, 0.1) is 38.0 Å². The number of anilines is 1. The van der Waals surface area contributed by atoms with Crippen molar-refractivity contribution in [3.63, 3.8) is 0 Å². The van der Waals surface area contributed by atoms with Crippen molar-refractivity contribution in [3.8, 4) is 0 Å². The first-order valence-corrected chi connectivity index (χ1v) is 7.68. The summed E-state index contributed by atoms with van der Waals surface area (Å²) >= 11 is 0. The van der Waals surface area contributed by atoms with Crippen molar-refractivity contribution in [2.45, 2.75) is 32.6 Å². The molecule has 122 valence electrons. The maximum Gasteiger partial charge on any atom is 0.301 e. The third-order valence-corrected chi connectivity index (χ3v) is 5.02. The van der Waals surface area contributed by atoms with E-state index in [-0.39, 0.29) is 17.1 Å². The van der Waals surface area contributed by atoms with Gasteiger partial charge in [-0.15, -0.1) is 0 Å². The fourth-order valence-electron chi connectivity index (χ4n) is 3.87. The van der Waals surface area contributed by atoms with Gasteiger partial charge < -0.3 is 0 Å². The van der Waals surface area contributed by atoms with E-state index in [4.69, 9.17) is 0 Å². The molecule has 0 saturated heterocycles. The van der Waals surface area contributed by atoms with Crippen molar-refractivity contribution in [1.82, 2.24) is 0 Å². The Balaban J connectivity index is 1.78. The average Bonchev–Trinajstić information content (AvgIpc) is 3.15. The van der Waals surface area contributed by atoms with Crippen molar-refractivity contribution in [3.05, 3.63) is 38.4 Å². The van der Waals surface area contributed by atoms with Crippen LogP contribution in [0.1, 0.15) is 32.6 Å². The molecular weight excluding hydrogens is 300 g/mol. The Morgan fingerprint density at radius 3 is 2.57 bits per heavy atom. The molecule has 2 aliphatic carbocycles. The van der Waals surface area contributed by atoms with Gasteiger partial charge in [-0.05, 0) is 44.1 Å². The van der Waals surface area contributed by atoms with E-state index in [9.17, 15) is 20.2 Å². The van der Waals surface area contributed by atoms with Crippen molar-refractivity contribution in [2.24, 2.45) is 22.9 Å². The molecule has 2 aliphatic rings. The molecule has 2 saturated carbocycles. The van der Waals surface area contributed by atoms with Crippen LogP contribution in [0.25, 0.3) is 0 Å². The van der Waals surface area contributed by atoms with E-state index in [0.29, 0.717) is 11.8 Å². The normalized spacial score (nSPS) is 26.3. The summed E-state index contributed by atoms with van der Waals surface area (Å²) in [5, 5.41) is 26.1. The summed E-state index contributed by atoms with van der Waals surface area (Å²) in [6.07, 6.45) is 4.94. The van der Waals surface area contributed by atoms with Gasteiger partial charge >= 0.3 is 5.69 Å². The molecule has 2 fully saturated rings. The van der Waals surface area contributed by atoms with Crippen LogP contribution in [-0.4, -0.2) is 15.6 Å². The molecule has 1 N–H and O–H groups in total. The summed E-state index contributed by atoms with van der Waals surface area (Å²) in [4.78, 5) is 20.5. The van der Waals surface area contributed by atoms with Crippen LogP contribution in [0.3, 0.4) is 0 Å². The molecule has 3 rings (SSSR count). The van der Waals surface area contributed by atoms with Crippen LogP contribution < -0.4 is 5.43 Å². The highest BCUT2D eigenvalue weighted by molar-refractivity contribution is 5.86. The Kier molecular flexibility index (Phi) is 3.97. The molecule has 0 heterocycles. The molecule has 1 aromatic rings. The summed E-state index contributed by atoms with van der Waals surface area (Å²) in [7, 11) is 0. The van der Waals surface area contributed by atoms with Gasteiger partial charge in [-0.25, -0.2) is 0 Å². The highest BCUT2D eigenvalue weighted by atomic mass is 16.6. The largest absolute Gasteiger partial charge is 0.301 e. The fourth-order valence-corrected chi connectivity index (χ4v) is 3.87. The number of hydrazone groups is 1. The summed E-state index contributed by atoms with van der Waals surface area (Å²) in [5.74, 6) is 1.92. The minimum Gasteiger partial charge on any atom is -0.272 e. The van der Waals surface area contributed by atoms with Gasteiger partial charge in [0.2, 0.25) is 0 Å². The minimum atomic E-state index is -0.652. The molecular formula is C15H18N4O4. The van der Waals surface area contributed by atoms with E-state index in [1.807, 2.05) is 6.92 Å². The van der Waals surface area contributed by atoms with E-state index in [1.54, 1.807) is 0 Å². The molecule has 0 amide bonds. The standard InChI is InChI=1S/C15H18N4O4/c1-9(13-7-10-2-3-11(13)6-10)16-17-14-5-4-12(18(20)21)8-15(14)19(22)23/h4-5,8,10-11,13,17H,2-3,6-7H2,1H3/b16-9-/t10-,11-,13+/m1/s1. The lowest BCUT2D eigenvalue weighted by molar-refractivity contribution is -0.393. The topological polar surface area (TPSA) is 111 Å². The van der Waals surface area contributed by atoms with E-state index >= 15 is 0 Å². The summed E-state index contributed by atoms with van der Waals surface area (Å²) in [6, 6.07) is 3.51. The number of nitro groups is 2. The zero-order chi connectivity index (χ0) is 16.6. The van der Waals surface area contributed by atoms with Crippen LogP contribution >= 0.6 is 0 Å². The number of rotatable bonds is 5. The first-order chi connectivity index (χ1) is 11.0. The Morgan fingerprint density at radius 1 is 1.22 bits per heavy atom. The van der Waals surface area contributed by atoms with Crippen LogP contribution in [-0.2, 0) is 0 Å². The average molecular weight is 318 g/mol. The number of nitrogens with one attached hydrogen (secondary N) is 1. The molecule has 8 heteroatoms. The van der Waals surface area contributed by atoms with E-state index in [2.05, 4.69) is 10.5 Å². The predicted molar refractivity (Wildman–Crippen MR) is 85.4 cm³/mol. The molecule has 23 heavy (non-hydrogen) atoms. The highest BCUT2D eigenvalue weighted by Crippen LogP contribution is 2.48. The second-order valence-corrected chi connectivity index (χ2v) is 6.36. The Morgan fingerprint density at radius 2 is 2.00 bits per heavy atom. The zero-order valence-electron chi connectivity index (χ0n) is 12.8. The minimum absolute atomic E-state index is 0.170. The van der Waals surface area contributed by atoms with Crippen LogP contribution in [0.4, 0.5) is 17.1 Å². The second-order valence-electron chi connectivity index (χ2n) is 6.36.